The van der Waals surface area contributed by atoms with Gasteiger partial charge in [0.25, 0.3) is 11.8 Å². The smallest absolute Gasteiger partial charge is 0.300 e. The SMILES string of the molecule is C#CC(=O)Nc1ccc2c3c(cccc13)C(=O)N2CCCC. The lowest BCUT2D eigenvalue weighted by Gasteiger charge is -2.17. The Morgan fingerprint density at radius 2 is 2.14 bits per heavy atom. The first-order chi connectivity index (χ1) is 10.7. The molecule has 0 bridgehead atoms. The number of nitrogens with one attached hydrogen (secondary N) is 1. The molecular formula is C18H16N2O2. The van der Waals surface area contributed by atoms with Crippen LogP contribution in [0.15, 0.2) is 30.3 Å². The van der Waals surface area contributed by atoms with Crippen LogP contribution >= 0.6 is 0 Å². The van der Waals surface area contributed by atoms with Gasteiger partial charge in [-0.05, 0) is 30.5 Å². The van der Waals surface area contributed by atoms with Crippen LogP contribution in [-0.2, 0) is 4.79 Å². The molecule has 0 fully saturated rings. The molecule has 0 radical (unpaired) electrons. The van der Waals surface area contributed by atoms with Gasteiger partial charge in [0.2, 0.25) is 0 Å². The van der Waals surface area contributed by atoms with E-state index in [-0.39, 0.29) is 5.91 Å². The van der Waals surface area contributed by atoms with Gasteiger partial charge < -0.3 is 10.2 Å². The maximum Gasteiger partial charge on any atom is 0.300 e. The van der Waals surface area contributed by atoms with Crippen LogP contribution in [-0.4, -0.2) is 18.4 Å². The molecule has 1 aliphatic rings. The maximum atomic E-state index is 12.6. The van der Waals surface area contributed by atoms with Gasteiger partial charge in [0, 0.05) is 28.6 Å². The molecule has 0 aromatic heterocycles. The molecule has 0 spiro atoms. The van der Waals surface area contributed by atoms with E-state index in [1.165, 1.54) is 0 Å². The number of rotatable bonds is 4. The molecule has 2 amide bonds. The second kappa shape index (κ2) is 5.53. The predicted octanol–water partition coefficient (Wildman–Crippen LogP) is 3.17. The Labute approximate surface area is 129 Å². The summed E-state index contributed by atoms with van der Waals surface area (Å²) >= 11 is 0. The summed E-state index contributed by atoms with van der Waals surface area (Å²) in [6.07, 6.45) is 7.09. The van der Waals surface area contributed by atoms with Gasteiger partial charge >= 0.3 is 0 Å². The quantitative estimate of drug-likeness (QED) is 0.880. The molecule has 1 heterocycles. The lowest BCUT2D eigenvalue weighted by Crippen LogP contribution is -2.27. The van der Waals surface area contributed by atoms with E-state index < -0.39 is 5.91 Å². The Morgan fingerprint density at radius 1 is 1.32 bits per heavy atom. The molecule has 2 aromatic rings. The highest BCUT2D eigenvalue weighted by molar-refractivity contribution is 6.27. The largest absolute Gasteiger partial charge is 0.315 e. The Bertz CT molecular complexity index is 818. The average molecular weight is 292 g/mol. The van der Waals surface area contributed by atoms with E-state index in [9.17, 15) is 9.59 Å². The summed E-state index contributed by atoms with van der Waals surface area (Å²) in [5.41, 5.74) is 2.22. The summed E-state index contributed by atoms with van der Waals surface area (Å²) in [5, 5.41) is 4.41. The Balaban J connectivity index is 2.13. The molecular weight excluding hydrogens is 276 g/mol. The van der Waals surface area contributed by atoms with E-state index in [2.05, 4.69) is 12.2 Å². The van der Waals surface area contributed by atoms with Gasteiger partial charge in [0.1, 0.15) is 0 Å². The van der Waals surface area contributed by atoms with Crippen molar-refractivity contribution in [3.8, 4) is 12.3 Å². The number of anilines is 2. The Hall–Kier alpha value is -2.80. The number of carbonyl (C=O) groups is 2. The van der Waals surface area contributed by atoms with Crippen LogP contribution in [0.3, 0.4) is 0 Å². The first kappa shape index (κ1) is 14.2. The Morgan fingerprint density at radius 3 is 2.86 bits per heavy atom. The standard InChI is InChI=1S/C18H16N2O2/c1-3-5-11-20-15-10-9-14(19-16(21)4-2)12-7-6-8-13(17(12)15)18(20)22/h2,6-10H,3,5,11H2,1H3,(H,19,21). The topological polar surface area (TPSA) is 49.4 Å². The van der Waals surface area contributed by atoms with Gasteiger partial charge in [-0.2, -0.15) is 0 Å². The summed E-state index contributed by atoms with van der Waals surface area (Å²) in [5.74, 6) is 1.57. The van der Waals surface area contributed by atoms with Gasteiger partial charge in [0.05, 0.1) is 5.69 Å². The van der Waals surface area contributed by atoms with Crippen molar-refractivity contribution in [2.75, 3.05) is 16.8 Å². The molecule has 0 saturated carbocycles. The molecule has 0 unspecified atom stereocenters. The van der Waals surface area contributed by atoms with Crippen LogP contribution in [0, 0.1) is 12.3 Å². The fourth-order valence-corrected chi connectivity index (χ4v) is 2.85. The molecule has 110 valence electrons. The zero-order valence-electron chi connectivity index (χ0n) is 12.3. The van der Waals surface area contributed by atoms with Crippen molar-refractivity contribution in [2.45, 2.75) is 19.8 Å². The molecule has 2 aromatic carbocycles. The molecule has 4 nitrogen and oxygen atoms in total. The van der Waals surface area contributed by atoms with Crippen molar-refractivity contribution in [3.05, 3.63) is 35.9 Å². The first-order valence-electron chi connectivity index (χ1n) is 7.32. The summed E-state index contributed by atoms with van der Waals surface area (Å²) in [6.45, 7) is 2.80. The monoisotopic (exact) mass is 292 g/mol. The van der Waals surface area contributed by atoms with Crippen molar-refractivity contribution in [2.24, 2.45) is 0 Å². The summed E-state index contributed by atoms with van der Waals surface area (Å²) in [7, 11) is 0. The van der Waals surface area contributed by atoms with Crippen LogP contribution in [0.4, 0.5) is 11.4 Å². The fraction of sp³-hybridized carbons (Fsp3) is 0.222. The minimum absolute atomic E-state index is 0.0227. The van der Waals surface area contributed by atoms with Gasteiger partial charge in [-0.1, -0.05) is 25.5 Å². The number of carbonyl (C=O) groups excluding carboxylic acids is 2. The number of nitrogens with zero attached hydrogens (tertiary/aromatic N) is 1. The van der Waals surface area contributed by atoms with Crippen LogP contribution in [0.25, 0.3) is 10.8 Å². The average Bonchev–Trinajstić information content (AvgIpc) is 2.82. The van der Waals surface area contributed by atoms with Crippen LogP contribution in [0.1, 0.15) is 30.1 Å². The number of amides is 2. The lowest BCUT2D eigenvalue weighted by molar-refractivity contribution is -0.111. The highest BCUT2D eigenvalue weighted by atomic mass is 16.2. The van der Waals surface area contributed by atoms with E-state index in [1.807, 2.05) is 35.1 Å². The molecule has 0 saturated heterocycles. The van der Waals surface area contributed by atoms with Gasteiger partial charge in [0.15, 0.2) is 0 Å². The minimum Gasteiger partial charge on any atom is -0.315 e. The number of hydrogen-bond donors (Lipinski definition) is 1. The van der Waals surface area contributed by atoms with Crippen LogP contribution < -0.4 is 10.2 Å². The molecule has 0 atom stereocenters. The van der Waals surface area contributed by atoms with E-state index in [1.54, 1.807) is 6.07 Å². The predicted molar refractivity (Wildman–Crippen MR) is 88.0 cm³/mol. The number of terminal acetylenes is 1. The third-order valence-electron chi connectivity index (χ3n) is 3.90. The molecule has 4 heteroatoms. The molecule has 0 aliphatic carbocycles. The van der Waals surface area contributed by atoms with E-state index >= 15 is 0 Å². The maximum absolute atomic E-state index is 12.6. The van der Waals surface area contributed by atoms with E-state index in [4.69, 9.17) is 6.42 Å². The summed E-state index contributed by atoms with van der Waals surface area (Å²) in [4.78, 5) is 25.8. The Kier molecular flexibility index (Phi) is 3.56. The zero-order chi connectivity index (χ0) is 15.7. The summed E-state index contributed by atoms with van der Waals surface area (Å²) < 4.78 is 0. The van der Waals surface area contributed by atoms with Crippen LogP contribution in [0.5, 0.6) is 0 Å². The molecule has 22 heavy (non-hydrogen) atoms. The number of unbranched alkanes of at least 4 members (excludes halogenated alkanes) is 1. The lowest BCUT2D eigenvalue weighted by atomic mass is 10.0. The molecule has 1 aliphatic heterocycles. The minimum atomic E-state index is -0.493. The van der Waals surface area contributed by atoms with Gasteiger partial charge in [-0.25, -0.2) is 0 Å². The van der Waals surface area contributed by atoms with Gasteiger partial charge in [-0.3, -0.25) is 9.59 Å². The van der Waals surface area contributed by atoms with Crippen molar-refractivity contribution in [1.29, 1.82) is 0 Å². The fourth-order valence-electron chi connectivity index (χ4n) is 2.85. The second-order valence-corrected chi connectivity index (χ2v) is 5.27. The number of benzene rings is 2. The van der Waals surface area contributed by atoms with Crippen molar-refractivity contribution < 1.29 is 9.59 Å². The highest BCUT2D eigenvalue weighted by Gasteiger charge is 2.29. The third-order valence-corrected chi connectivity index (χ3v) is 3.90. The van der Waals surface area contributed by atoms with Crippen molar-refractivity contribution in [1.82, 2.24) is 0 Å². The first-order valence-corrected chi connectivity index (χ1v) is 7.32. The van der Waals surface area contributed by atoms with E-state index in [0.29, 0.717) is 17.8 Å². The molecule has 1 N–H and O–H groups in total. The number of hydrogen-bond acceptors (Lipinski definition) is 2. The van der Waals surface area contributed by atoms with Crippen LogP contribution in [0.2, 0.25) is 0 Å². The zero-order valence-corrected chi connectivity index (χ0v) is 12.3. The molecule has 3 rings (SSSR count). The van der Waals surface area contributed by atoms with Gasteiger partial charge in [-0.15, -0.1) is 6.42 Å². The van der Waals surface area contributed by atoms with Crippen molar-refractivity contribution in [3.63, 3.8) is 0 Å². The third kappa shape index (κ3) is 2.11. The van der Waals surface area contributed by atoms with E-state index in [0.717, 1.165) is 29.3 Å². The van der Waals surface area contributed by atoms with Crippen molar-refractivity contribution >= 4 is 34.0 Å². The normalized spacial score (nSPS) is 12.5. The second-order valence-electron chi connectivity index (χ2n) is 5.27. The summed E-state index contributed by atoms with van der Waals surface area (Å²) in [6, 6.07) is 9.22. The highest BCUT2D eigenvalue weighted by Crippen LogP contribution is 2.40.